The highest BCUT2D eigenvalue weighted by Gasteiger charge is 2.15. The van der Waals surface area contributed by atoms with Crippen molar-refractivity contribution >= 4 is 40.4 Å². The molecule has 2 heterocycles. The maximum absolute atomic E-state index is 8.98. The minimum absolute atomic E-state index is 0.126. The van der Waals surface area contributed by atoms with E-state index in [1.54, 1.807) is 23.5 Å². The Morgan fingerprint density at radius 3 is 2.77 bits per heavy atom. The number of aromatic nitrogens is 4. The molecule has 0 saturated heterocycles. The van der Waals surface area contributed by atoms with E-state index in [1.807, 2.05) is 29.1 Å². The standard InChI is InChI=1S/C18H23N5OS2/c1-3-26-18-21-16(20-13(2)14-7-5-4-6-8-14)15-11-19-23(17(15)22-18)12-25-10-9-24/h4-8,11,13,24H,3,9-10,12H2,1-2H3,(H,20,21,22). The summed E-state index contributed by atoms with van der Waals surface area (Å²) in [5, 5.41) is 18.6. The Kier molecular flexibility index (Phi) is 6.76. The average molecular weight is 390 g/mol. The lowest BCUT2D eigenvalue weighted by molar-refractivity contribution is 0.322. The van der Waals surface area contributed by atoms with E-state index in [0.29, 0.717) is 11.6 Å². The van der Waals surface area contributed by atoms with Crippen molar-refractivity contribution in [2.45, 2.75) is 30.9 Å². The van der Waals surface area contributed by atoms with Crippen molar-refractivity contribution in [3.8, 4) is 0 Å². The third-order valence-corrected chi connectivity index (χ3v) is 5.48. The van der Waals surface area contributed by atoms with Crippen LogP contribution in [0.1, 0.15) is 25.5 Å². The summed E-state index contributed by atoms with van der Waals surface area (Å²) in [4.78, 5) is 9.39. The van der Waals surface area contributed by atoms with Gasteiger partial charge in [0.1, 0.15) is 5.82 Å². The van der Waals surface area contributed by atoms with Crippen molar-refractivity contribution in [1.29, 1.82) is 0 Å². The molecule has 2 aromatic heterocycles. The molecule has 0 aliphatic rings. The molecule has 0 saturated carbocycles. The molecule has 0 spiro atoms. The van der Waals surface area contributed by atoms with Gasteiger partial charge in [-0.25, -0.2) is 14.6 Å². The van der Waals surface area contributed by atoms with Gasteiger partial charge in [-0.1, -0.05) is 49.0 Å². The molecule has 26 heavy (non-hydrogen) atoms. The van der Waals surface area contributed by atoms with E-state index in [-0.39, 0.29) is 12.6 Å². The number of hydrogen-bond acceptors (Lipinski definition) is 7. The van der Waals surface area contributed by atoms with Crippen molar-refractivity contribution in [2.75, 3.05) is 23.4 Å². The number of aliphatic hydroxyl groups excluding tert-OH is 1. The Hall–Kier alpha value is -1.77. The Labute approximate surface area is 161 Å². The molecule has 0 aliphatic carbocycles. The molecule has 3 aromatic rings. The maximum Gasteiger partial charge on any atom is 0.191 e. The van der Waals surface area contributed by atoms with Crippen LogP contribution < -0.4 is 5.32 Å². The van der Waals surface area contributed by atoms with Crippen LogP contribution in [0.5, 0.6) is 0 Å². The van der Waals surface area contributed by atoms with Gasteiger partial charge in [0.2, 0.25) is 0 Å². The zero-order valence-electron chi connectivity index (χ0n) is 14.9. The highest BCUT2D eigenvalue weighted by molar-refractivity contribution is 7.99. The first kappa shape index (κ1) is 19.0. The van der Waals surface area contributed by atoms with Crippen LogP contribution in [0.3, 0.4) is 0 Å². The van der Waals surface area contributed by atoms with E-state index < -0.39 is 0 Å². The fourth-order valence-electron chi connectivity index (χ4n) is 2.58. The van der Waals surface area contributed by atoms with E-state index in [4.69, 9.17) is 10.1 Å². The lowest BCUT2D eigenvalue weighted by Crippen LogP contribution is -2.09. The summed E-state index contributed by atoms with van der Waals surface area (Å²) in [6.07, 6.45) is 1.81. The van der Waals surface area contributed by atoms with E-state index in [9.17, 15) is 0 Å². The van der Waals surface area contributed by atoms with Crippen LogP contribution in [-0.2, 0) is 5.88 Å². The van der Waals surface area contributed by atoms with Crippen LogP contribution in [0.15, 0.2) is 41.7 Å². The van der Waals surface area contributed by atoms with Crippen molar-refractivity contribution in [2.24, 2.45) is 0 Å². The molecule has 0 radical (unpaired) electrons. The fraction of sp³-hybridized carbons (Fsp3) is 0.389. The first-order valence-electron chi connectivity index (χ1n) is 8.59. The summed E-state index contributed by atoms with van der Waals surface area (Å²) in [6.45, 7) is 4.38. The van der Waals surface area contributed by atoms with Crippen LogP contribution in [-0.4, -0.2) is 43.0 Å². The lowest BCUT2D eigenvalue weighted by atomic mass is 10.1. The molecule has 1 atom stereocenters. The summed E-state index contributed by atoms with van der Waals surface area (Å²) in [5.41, 5.74) is 2.03. The Morgan fingerprint density at radius 1 is 1.23 bits per heavy atom. The van der Waals surface area contributed by atoms with Crippen LogP contribution in [0.25, 0.3) is 11.0 Å². The second-order valence-electron chi connectivity index (χ2n) is 5.71. The Bertz CT molecular complexity index is 840. The number of nitrogens with zero attached hydrogens (tertiary/aromatic N) is 4. The van der Waals surface area contributed by atoms with Crippen LogP contribution in [0.2, 0.25) is 0 Å². The minimum Gasteiger partial charge on any atom is -0.396 e. The van der Waals surface area contributed by atoms with Crippen LogP contribution >= 0.6 is 23.5 Å². The minimum atomic E-state index is 0.126. The number of benzene rings is 1. The van der Waals surface area contributed by atoms with Gasteiger partial charge in [-0.15, -0.1) is 11.8 Å². The molecule has 0 aliphatic heterocycles. The van der Waals surface area contributed by atoms with E-state index >= 15 is 0 Å². The van der Waals surface area contributed by atoms with Crippen LogP contribution in [0, 0.1) is 0 Å². The molecule has 8 heteroatoms. The van der Waals surface area contributed by atoms with Crippen LogP contribution in [0.4, 0.5) is 5.82 Å². The molecular formula is C18H23N5OS2. The number of nitrogens with one attached hydrogen (secondary N) is 1. The number of fused-ring (bicyclic) bond motifs is 1. The third kappa shape index (κ3) is 4.49. The number of rotatable bonds is 9. The molecule has 0 fully saturated rings. The van der Waals surface area contributed by atoms with Crippen molar-refractivity contribution in [3.05, 3.63) is 42.1 Å². The normalized spacial score (nSPS) is 12.4. The molecule has 6 nitrogen and oxygen atoms in total. The Balaban J connectivity index is 1.92. The highest BCUT2D eigenvalue weighted by Crippen LogP contribution is 2.28. The summed E-state index contributed by atoms with van der Waals surface area (Å²) in [6, 6.07) is 10.4. The van der Waals surface area contributed by atoms with Gasteiger partial charge >= 0.3 is 0 Å². The predicted octanol–water partition coefficient (Wildman–Crippen LogP) is 3.79. The summed E-state index contributed by atoms with van der Waals surface area (Å²) >= 11 is 3.24. The number of hydrogen-bond donors (Lipinski definition) is 2. The fourth-order valence-corrected chi connectivity index (χ4v) is 3.76. The highest BCUT2D eigenvalue weighted by atomic mass is 32.2. The molecule has 0 bridgehead atoms. The topological polar surface area (TPSA) is 75.9 Å². The molecule has 138 valence electrons. The quantitative estimate of drug-likeness (QED) is 0.327. The number of anilines is 1. The van der Waals surface area contributed by atoms with Crippen molar-refractivity contribution in [1.82, 2.24) is 19.7 Å². The second kappa shape index (κ2) is 9.25. The largest absolute Gasteiger partial charge is 0.396 e. The molecule has 3 rings (SSSR count). The number of thioether (sulfide) groups is 2. The average Bonchev–Trinajstić information content (AvgIpc) is 3.06. The smallest absolute Gasteiger partial charge is 0.191 e. The molecule has 1 aromatic carbocycles. The Morgan fingerprint density at radius 2 is 2.04 bits per heavy atom. The zero-order valence-corrected chi connectivity index (χ0v) is 16.6. The monoisotopic (exact) mass is 389 g/mol. The van der Waals surface area contributed by atoms with Crippen molar-refractivity contribution < 1.29 is 5.11 Å². The van der Waals surface area contributed by atoms with Gasteiger partial charge in [0, 0.05) is 11.8 Å². The molecule has 2 N–H and O–H groups in total. The van der Waals surface area contributed by atoms with E-state index in [2.05, 4.69) is 41.4 Å². The summed E-state index contributed by atoms with van der Waals surface area (Å²) in [5.74, 6) is 3.05. The van der Waals surface area contributed by atoms with Gasteiger partial charge in [0.25, 0.3) is 0 Å². The summed E-state index contributed by atoms with van der Waals surface area (Å²) in [7, 11) is 0. The molecule has 0 amide bonds. The van der Waals surface area contributed by atoms with Gasteiger partial charge in [-0.05, 0) is 18.2 Å². The lowest BCUT2D eigenvalue weighted by Gasteiger charge is -2.16. The second-order valence-corrected chi connectivity index (χ2v) is 8.01. The predicted molar refractivity (Wildman–Crippen MR) is 110 cm³/mol. The molecular weight excluding hydrogens is 366 g/mol. The third-order valence-electron chi connectivity index (χ3n) is 3.85. The first-order chi connectivity index (χ1) is 12.7. The van der Waals surface area contributed by atoms with Gasteiger partial charge < -0.3 is 10.4 Å². The van der Waals surface area contributed by atoms with Crippen molar-refractivity contribution in [3.63, 3.8) is 0 Å². The number of aliphatic hydroxyl groups is 1. The van der Waals surface area contributed by atoms with Gasteiger partial charge in [-0.2, -0.15) is 5.10 Å². The molecule has 1 unspecified atom stereocenters. The zero-order chi connectivity index (χ0) is 18.4. The summed E-state index contributed by atoms with van der Waals surface area (Å²) < 4.78 is 1.87. The van der Waals surface area contributed by atoms with Gasteiger partial charge in [0.05, 0.1) is 24.1 Å². The van der Waals surface area contributed by atoms with E-state index in [1.165, 1.54) is 5.56 Å². The SMILES string of the molecule is CCSc1nc(NC(C)c2ccccc2)c2cnn(CSCCO)c2n1. The maximum atomic E-state index is 8.98. The van der Waals surface area contributed by atoms with E-state index in [0.717, 1.165) is 27.8 Å². The van der Waals surface area contributed by atoms with Gasteiger partial charge in [0.15, 0.2) is 10.8 Å². The van der Waals surface area contributed by atoms with Gasteiger partial charge in [-0.3, -0.25) is 0 Å². The first-order valence-corrected chi connectivity index (χ1v) is 10.7.